The van der Waals surface area contributed by atoms with Gasteiger partial charge in [0.05, 0.1) is 10.5 Å². The van der Waals surface area contributed by atoms with E-state index < -0.39 is 0 Å². The quantitative estimate of drug-likeness (QED) is 0.936. The first-order valence-electron chi connectivity index (χ1n) is 7.17. The third kappa shape index (κ3) is 3.08. The first-order valence-corrected chi connectivity index (χ1v) is 8.05. The molecular formula is C16H21N3S. The van der Waals surface area contributed by atoms with Gasteiger partial charge in [-0.3, -0.25) is 4.90 Å². The minimum Gasteiger partial charge on any atom is -0.305 e. The van der Waals surface area contributed by atoms with Gasteiger partial charge in [-0.15, -0.1) is 11.3 Å². The summed E-state index contributed by atoms with van der Waals surface area (Å²) in [4.78, 5) is 6.92. The number of nitrogens with zero attached hydrogens (tertiary/aromatic N) is 2. The maximum Gasteiger partial charge on any atom is 0.0937 e. The smallest absolute Gasteiger partial charge is 0.0937 e. The normalized spacial score (nSPS) is 23.9. The molecule has 1 aromatic heterocycles. The zero-order chi connectivity index (χ0) is 13.8. The van der Waals surface area contributed by atoms with Gasteiger partial charge in [-0.1, -0.05) is 30.3 Å². The summed E-state index contributed by atoms with van der Waals surface area (Å²) in [6.45, 7) is 6.62. The summed E-state index contributed by atoms with van der Waals surface area (Å²) in [6, 6.07) is 10.8. The largest absolute Gasteiger partial charge is 0.305 e. The highest BCUT2D eigenvalue weighted by Gasteiger charge is 2.31. The number of nitrogens with one attached hydrogen (secondary N) is 1. The lowest BCUT2D eigenvalue weighted by molar-refractivity contribution is 0.144. The van der Waals surface area contributed by atoms with Gasteiger partial charge in [0.25, 0.3) is 0 Å². The topological polar surface area (TPSA) is 28.2 Å². The molecule has 1 saturated heterocycles. The first kappa shape index (κ1) is 13.7. The Labute approximate surface area is 124 Å². The van der Waals surface area contributed by atoms with Crippen LogP contribution in [-0.4, -0.2) is 36.1 Å². The highest BCUT2D eigenvalue weighted by atomic mass is 32.1. The second-order valence-electron chi connectivity index (χ2n) is 5.58. The van der Waals surface area contributed by atoms with Crippen LogP contribution in [0.25, 0.3) is 0 Å². The van der Waals surface area contributed by atoms with E-state index in [1.165, 1.54) is 10.6 Å². The molecule has 0 radical (unpaired) electrons. The lowest BCUT2D eigenvalue weighted by atomic mass is 9.89. The van der Waals surface area contributed by atoms with Crippen LogP contribution < -0.4 is 5.32 Å². The Kier molecular flexibility index (Phi) is 4.15. The van der Waals surface area contributed by atoms with E-state index >= 15 is 0 Å². The molecule has 0 saturated carbocycles. The number of thiazole rings is 1. The van der Waals surface area contributed by atoms with E-state index in [1.807, 2.05) is 6.20 Å². The minimum atomic E-state index is 0.0579. The Balaban J connectivity index is 1.64. The van der Waals surface area contributed by atoms with Crippen molar-refractivity contribution in [3.05, 3.63) is 52.5 Å². The maximum atomic E-state index is 4.37. The van der Waals surface area contributed by atoms with Crippen molar-refractivity contribution in [2.75, 3.05) is 26.2 Å². The predicted octanol–water partition coefficient (Wildman–Crippen LogP) is 2.51. The lowest BCUT2D eigenvalue weighted by Gasteiger charge is -2.42. The molecule has 3 rings (SSSR count). The molecule has 0 bridgehead atoms. The van der Waals surface area contributed by atoms with Gasteiger partial charge in [-0.05, 0) is 12.5 Å². The van der Waals surface area contributed by atoms with Crippen LogP contribution in [0, 0.1) is 0 Å². The molecule has 1 N–H and O–H groups in total. The van der Waals surface area contributed by atoms with Crippen molar-refractivity contribution in [1.29, 1.82) is 0 Å². The van der Waals surface area contributed by atoms with Crippen molar-refractivity contribution in [3.8, 4) is 0 Å². The summed E-state index contributed by atoms with van der Waals surface area (Å²) < 4.78 is 0. The third-order valence-corrected chi connectivity index (χ3v) is 4.86. The summed E-state index contributed by atoms with van der Waals surface area (Å²) in [7, 11) is 0. The molecule has 0 amide bonds. The lowest BCUT2D eigenvalue weighted by Crippen LogP contribution is -2.56. The number of hydrogen-bond donors (Lipinski definition) is 1. The molecule has 1 aliphatic rings. The SMILES string of the molecule is CC1(c2ccccc2)CN(CCc2nccs2)CCN1. The number of benzene rings is 1. The molecule has 2 aromatic rings. The van der Waals surface area contributed by atoms with Gasteiger partial charge in [0.15, 0.2) is 0 Å². The van der Waals surface area contributed by atoms with E-state index in [0.717, 1.165) is 32.6 Å². The average molecular weight is 287 g/mol. The molecule has 1 atom stereocenters. The number of piperazine rings is 1. The summed E-state index contributed by atoms with van der Waals surface area (Å²) in [6.07, 6.45) is 2.95. The number of hydrogen-bond acceptors (Lipinski definition) is 4. The van der Waals surface area contributed by atoms with Crippen molar-refractivity contribution in [2.45, 2.75) is 18.9 Å². The molecule has 0 spiro atoms. The molecule has 1 fully saturated rings. The van der Waals surface area contributed by atoms with Crippen LogP contribution in [0.15, 0.2) is 41.9 Å². The van der Waals surface area contributed by atoms with Gasteiger partial charge >= 0.3 is 0 Å². The van der Waals surface area contributed by atoms with Gasteiger partial charge in [-0.2, -0.15) is 0 Å². The highest BCUT2D eigenvalue weighted by Crippen LogP contribution is 2.24. The van der Waals surface area contributed by atoms with Gasteiger partial charge < -0.3 is 5.32 Å². The van der Waals surface area contributed by atoms with Crippen LogP contribution >= 0.6 is 11.3 Å². The fourth-order valence-corrected chi connectivity index (χ4v) is 3.50. The van der Waals surface area contributed by atoms with Gasteiger partial charge in [0, 0.05) is 44.2 Å². The van der Waals surface area contributed by atoms with Gasteiger partial charge in [0.1, 0.15) is 0 Å². The van der Waals surface area contributed by atoms with E-state index in [-0.39, 0.29) is 5.54 Å². The Morgan fingerprint density at radius 1 is 1.35 bits per heavy atom. The molecule has 4 heteroatoms. The Morgan fingerprint density at radius 3 is 2.95 bits per heavy atom. The zero-order valence-electron chi connectivity index (χ0n) is 11.9. The number of rotatable bonds is 4. The fraction of sp³-hybridized carbons (Fsp3) is 0.438. The number of aromatic nitrogens is 1. The predicted molar refractivity (Wildman–Crippen MR) is 84.1 cm³/mol. The molecule has 1 aliphatic heterocycles. The fourth-order valence-electron chi connectivity index (χ4n) is 2.89. The molecule has 0 aliphatic carbocycles. The van der Waals surface area contributed by atoms with E-state index in [4.69, 9.17) is 0 Å². The molecular weight excluding hydrogens is 266 g/mol. The molecule has 106 valence electrons. The molecule has 1 unspecified atom stereocenters. The Morgan fingerprint density at radius 2 is 2.20 bits per heavy atom. The van der Waals surface area contributed by atoms with Crippen LogP contribution in [0.5, 0.6) is 0 Å². The van der Waals surface area contributed by atoms with Crippen molar-refractivity contribution in [1.82, 2.24) is 15.2 Å². The van der Waals surface area contributed by atoms with E-state index in [2.05, 4.69) is 57.8 Å². The van der Waals surface area contributed by atoms with E-state index in [0.29, 0.717) is 0 Å². The Bertz CT molecular complexity index is 526. The molecule has 3 nitrogen and oxygen atoms in total. The van der Waals surface area contributed by atoms with Crippen LogP contribution in [0.4, 0.5) is 0 Å². The van der Waals surface area contributed by atoms with Crippen molar-refractivity contribution >= 4 is 11.3 Å². The monoisotopic (exact) mass is 287 g/mol. The summed E-state index contributed by atoms with van der Waals surface area (Å²) >= 11 is 1.75. The standard InChI is InChI=1S/C16H21N3S/c1-16(14-5-3-2-4-6-14)13-19(11-8-18-16)10-7-15-17-9-12-20-15/h2-6,9,12,18H,7-8,10-11,13H2,1H3. The van der Waals surface area contributed by atoms with Gasteiger partial charge in [-0.25, -0.2) is 4.98 Å². The van der Waals surface area contributed by atoms with Crippen molar-refractivity contribution in [2.24, 2.45) is 0 Å². The van der Waals surface area contributed by atoms with E-state index in [1.54, 1.807) is 11.3 Å². The van der Waals surface area contributed by atoms with Crippen molar-refractivity contribution in [3.63, 3.8) is 0 Å². The second-order valence-corrected chi connectivity index (χ2v) is 6.56. The van der Waals surface area contributed by atoms with Crippen LogP contribution in [0.1, 0.15) is 17.5 Å². The van der Waals surface area contributed by atoms with Crippen LogP contribution in [-0.2, 0) is 12.0 Å². The summed E-state index contributed by atoms with van der Waals surface area (Å²) in [5.41, 5.74) is 1.43. The maximum absolute atomic E-state index is 4.37. The van der Waals surface area contributed by atoms with Crippen LogP contribution in [0.3, 0.4) is 0 Å². The second kappa shape index (κ2) is 6.04. The summed E-state index contributed by atoms with van der Waals surface area (Å²) in [5, 5.41) is 6.98. The summed E-state index contributed by atoms with van der Waals surface area (Å²) in [5.74, 6) is 0. The van der Waals surface area contributed by atoms with Crippen molar-refractivity contribution < 1.29 is 0 Å². The molecule has 2 heterocycles. The Hall–Kier alpha value is -1.23. The zero-order valence-corrected chi connectivity index (χ0v) is 12.7. The van der Waals surface area contributed by atoms with E-state index in [9.17, 15) is 0 Å². The average Bonchev–Trinajstić information content (AvgIpc) is 3.00. The molecule has 1 aromatic carbocycles. The molecule has 20 heavy (non-hydrogen) atoms. The highest BCUT2D eigenvalue weighted by molar-refractivity contribution is 7.09. The third-order valence-electron chi connectivity index (χ3n) is 4.02. The van der Waals surface area contributed by atoms with Crippen LogP contribution in [0.2, 0.25) is 0 Å². The first-order chi connectivity index (χ1) is 9.76. The minimum absolute atomic E-state index is 0.0579. The van der Waals surface area contributed by atoms with Gasteiger partial charge in [0.2, 0.25) is 0 Å².